The van der Waals surface area contributed by atoms with E-state index in [9.17, 15) is 5.11 Å². The second-order valence-electron chi connectivity index (χ2n) is 6.62. The molecule has 6 heteroatoms. The molecule has 0 saturated carbocycles. The molecule has 25 heavy (non-hydrogen) atoms. The van der Waals surface area contributed by atoms with Gasteiger partial charge in [0.15, 0.2) is 5.65 Å². The van der Waals surface area contributed by atoms with E-state index in [2.05, 4.69) is 55.2 Å². The average molecular weight is 401 g/mol. The number of aliphatic hydroxyl groups is 1. The molecule has 1 aliphatic heterocycles. The predicted octanol–water partition coefficient (Wildman–Crippen LogP) is 3.16. The Morgan fingerprint density at radius 2 is 1.84 bits per heavy atom. The first-order valence-corrected chi connectivity index (χ1v) is 9.47. The molecule has 5 nitrogen and oxygen atoms in total. The average Bonchev–Trinajstić information content (AvgIpc) is 3.02. The number of hydrogen-bond donors (Lipinski definition) is 1. The van der Waals surface area contributed by atoms with E-state index in [1.54, 1.807) is 10.7 Å². The Balaban J connectivity index is 1.42. The van der Waals surface area contributed by atoms with Gasteiger partial charge in [-0.1, -0.05) is 24.3 Å². The van der Waals surface area contributed by atoms with Gasteiger partial charge in [-0.3, -0.25) is 0 Å². The summed E-state index contributed by atoms with van der Waals surface area (Å²) in [6.45, 7) is 3.07. The molecule has 3 aromatic rings. The van der Waals surface area contributed by atoms with Crippen LogP contribution in [0.1, 0.15) is 18.4 Å². The quantitative estimate of drug-likeness (QED) is 0.730. The van der Waals surface area contributed by atoms with Crippen molar-refractivity contribution in [1.82, 2.24) is 19.5 Å². The normalized spacial score (nSPS) is 16.6. The van der Waals surface area contributed by atoms with Crippen LogP contribution in [-0.4, -0.2) is 50.3 Å². The number of halogens is 1. The van der Waals surface area contributed by atoms with Gasteiger partial charge >= 0.3 is 0 Å². The molecule has 0 spiro atoms. The van der Waals surface area contributed by atoms with Gasteiger partial charge in [-0.15, -0.1) is 0 Å². The maximum absolute atomic E-state index is 9.58. The molecular weight excluding hydrogens is 380 g/mol. The van der Waals surface area contributed by atoms with Crippen molar-refractivity contribution < 1.29 is 5.11 Å². The summed E-state index contributed by atoms with van der Waals surface area (Å²) in [5.74, 6) is 0. The third-order valence-electron chi connectivity index (χ3n) is 4.87. The Morgan fingerprint density at radius 1 is 1.08 bits per heavy atom. The van der Waals surface area contributed by atoms with Crippen molar-refractivity contribution in [3.8, 4) is 11.1 Å². The smallest absolute Gasteiger partial charge is 0.169 e. The summed E-state index contributed by atoms with van der Waals surface area (Å²) in [5, 5.41) is 13.9. The van der Waals surface area contributed by atoms with Crippen molar-refractivity contribution in [2.24, 2.45) is 0 Å². The number of aliphatic hydroxyl groups excluding tert-OH is 1. The fourth-order valence-corrected chi connectivity index (χ4v) is 3.66. The molecule has 1 N–H and O–H groups in total. The lowest BCUT2D eigenvalue weighted by atomic mass is 10.0. The monoisotopic (exact) mass is 400 g/mol. The lowest BCUT2D eigenvalue weighted by molar-refractivity contribution is 0.0832. The molecule has 1 aromatic carbocycles. The number of piperidine rings is 1. The highest BCUT2D eigenvalue weighted by molar-refractivity contribution is 9.10. The number of likely N-dealkylation sites (tertiary alicyclic amines) is 1. The minimum absolute atomic E-state index is 0.100. The summed E-state index contributed by atoms with van der Waals surface area (Å²) in [7, 11) is 0. The lowest BCUT2D eigenvalue weighted by Crippen LogP contribution is -2.37. The molecule has 0 unspecified atom stereocenters. The second-order valence-corrected chi connectivity index (χ2v) is 7.48. The molecule has 4 rings (SSSR count). The van der Waals surface area contributed by atoms with E-state index in [-0.39, 0.29) is 6.10 Å². The van der Waals surface area contributed by atoms with Crippen LogP contribution in [0.4, 0.5) is 0 Å². The first kappa shape index (κ1) is 16.7. The summed E-state index contributed by atoms with van der Waals surface area (Å²) >= 11 is 3.45. The summed E-state index contributed by atoms with van der Waals surface area (Å²) in [4.78, 5) is 6.91. The van der Waals surface area contributed by atoms with Gasteiger partial charge in [0, 0.05) is 37.6 Å². The van der Waals surface area contributed by atoms with Crippen LogP contribution in [0, 0.1) is 0 Å². The molecule has 0 amide bonds. The zero-order chi connectivity index (χ0) is 17.2. The van der Waals surface area contributed by atoms with E-state index in [1.807, 2.05) is 12.4 Å². The van der Waals surface area contributed by atoms with Crippen LogP contribution >= 0.6 is 15.9 Å². The fourth-order valence-electron chi connectivity index (χ4n) is 3.29. The van der Waals surface area contributed by atoms with E-state index < -0.39 is 0 Å². The van der Waals surface area contributed by atoms with Crippen LogP contribution < -0.4 is 0 Å². The molecule has 0 radical (unpaired) electrons. The third-order valence-corrected chi connectivity index (χ3v) is 5.43. The maximum Gasteiger partial charge on any atom is 0.169 e. The maximum atomic E-state index is 9.58. The summed E-state index contributed by atoms with van der Waals surface area (Å²) in [6.07, 6.45) is 8.39. The molecular formula is C19H21BrN4O. The van der Waals surface area contributed by atoms with Crippen LogP contribution in [0.3, 0.4) is 0 Å². The highest BCUT2D eigenvalue weighted by atomic mass is 79.9. The zero-order valence-electron chi connectivity index (χ0n) is 14.0. The van der Waals surface area contributed by atoms with Crippen molar-refractivity contribution in [3.63, 3.8) is 0 Å². The number of hydrogen-bond acceptors (Lipinski definition) is 4. The molecule has 1 fully saturated rings. The minimum Gasteiger partial charge on any atom is -0.393 e. The first-order valence-electron chi connectivity index (χ1n) is 8.68. The minimum atomic E-state index is -0.100. The number of aromatic nitrogens is 3. The van der Waals surface area contributed by atoms with Gasteiger partial charge in [-0.2, -0.15) is 5.10 Å². The van der Waals surface area contributed by atoms with E-state index in [4.69, 9.17) is 0 Å². The topological polar surface area (TPSA) is 53.7 Å². The molecule has 1 saturated heterocycles. The Labute approximate surface area is 155 Å². The van der Waals surface area contributed by atoms with Crippen LogP contribution in [0.2, 0.25) is 0 Å². The molecule has 1 aliphatic rings. The van der Waals surface area contributed by atoms with Gasteiger partial charge in [0.1, 0.15) is 0 Å². The number of nitrogens with zero attached hydrogens (tertiary/aromatic N) is 4. The lowest BCUT2D eigenvalue weighted by Gasteiger charge is -2.29. The van der Waals surface area contributed by atoms with Crippen molar-refractivity contribution in [2.45, 2.75) is 25.4 Å². The largest absolute Gasteiger partial charge is 0.393 e. The van der Waals surface area contributed by atoms with Gasteiger partial charge in [-0.25, -0.2) is 9.50 Å². The van der Waals surface area contributed by atoms with E-state index >= 15 is 0 Å². The van der Waals surface area contributed by atoms with Crippen LogP contribution in [0.15, 0.2) is 47.3 Å². The SMILES string of the molecule is OC1CCN(CCc2ccc(-c3cnc4c(Br)cnn4c3)cc2)CC1. The molecule has 0 aliphatic carbocycles. The van der Waals surface area contributed by atoms with Crippen molar-refractivity contribution >= 4 is 21.6 Å². The zero-order valence-corrected chi connectivity index (χ0v) is 15.6. The van der Waals surface area contributed by atoms with Gasteiger partial charge in [0.25, 0.3) is 0 Å². The van der Waals surface area contributed by atoms with Gasteiger partial charge < -0.3 is 10.0 Å². The van der Waals surface area contributed by atoms with Crippen molar-refractivity contribution in [3.05, 3.63) is 52.9 Å². The molecule has 2 aromatic heterocycles. The Morgan fingerprint density at radius 3 is 2.60 bits per heavy atom. The van der Waals surface area contributed by atoms with Crippen molar-refractivity contribution in [1.29, 1.82) is 0 Å². The highest BCUT2D eigenvalue weighted by Gasteiger charge is 2.16. The molecule has 0 atom stereocenters. The summed E-state index contributed by atoms with van der Waals surface area (Å²) in [6, 6.07) is 8.68. The standard InChI is InChI=1S/C19H21BrN4O/c20-18-12-22-24-13-16(11-21-19(18)24)15-3-1-14(2-4-15)5-8-23-9-6-17(25)7-10-23/h1-4,11-13,17,25H,5-10H2. The Kier molecular flexibility index (Phi) is 4.83. The Hall–Kier alpha value is -1.76. The van der Waals surface area contributed by atoms with Gasteiger partial charge in [0.2, 0.25) is 0 Å². The van der Waals surface area contributed by atoms with Crippen LogP contribution in [0.25, 0.3) is 16.8 Å². The van der Waals surface area contributed by atoms with Gasteiger partial charge in [-0.05, 0) is 46.3 Å². The van der Waals surface area contributed by atoms with E-state index in [0.29, 0.717) is 0 Å². The van der Waals surface area contributed by atoms with E-state index in [0.717, 1.165) is 60.1 Å². The second kappa shape index (κ2) is 7.23. The van der Waals surface area contributed by atoms with Crippen LogP contribution in [-0.2, 0) is 6.42 Å². The Bertz CT molecular complexity index is 853. The van der Waals surface area contributed by atoms with Crippen LogP contribution in [0.5, 0.6) is 0 Å². The molecule has 0 bridgehead atoms. The van der Waals surface area contributed by atoms with Gasteiger partial charge in [0.05, 0.1) is 16.8 Å². The number of rotatable bonds is 4. The predicted molar refractivity (Wildman–Crippen MR) is 102 cm³/mol. The molecule has 130 valence electrons. The summed E-state index contributed by atoms with van der Waals surface area (Å²) in [5.41, 5.74) is 4.36. The van der Waals surface area contributed by atoms with E-state index in [1.165, 1.54) is 5.56 Å². The molecule has 3 heterocycles. The van der Waals surface area contributed by atoms with Crippen molar-refractivity contribution in [2.75, 3.05) is 19.6 Å². The number of benzene rings is 1. The third kappa shape index (κ3) is 3.76. The first-order chi connectivity index (χ1) is 12.2. The number of fused-ring (bicyclic) bond motifs is 1. The fraction of sp³-hybridized carbons (Fsp3) is 0.368. The highest BCUT2D eigenvalue weighted by Crippen LogP contribution is 2.22. The summed E-state index contributed by atoms with van der Waals surface area (Å²) < 4.78 is 2.69.